The number of nitrogens with zero attached hydrogens (tertiary/aromatic N) is 1. The van der Waals surface area contributed by atoms with E-state index in [1.807, 2.05) is 0 Å². The molecule has 2 nitrogen and oxygen atoms in total. The van der Waals surface area contributed by atoms with Gasteiger partial charge in [0, 0.05) is 25.4 Å². The number of hydrogen-bond donors (Lipinski definition) is 0. The van der Waals surface area contributed by atoms with Crippen molar-refractivity contribution in [1.29, 1.82) is 0 Å². The molecule has 0 radical (unpaired) electrons. The first kappa shape index (κ1) is 23.8. The number of carbonyl (C=O) groups is 1. The molecule has 0 saturated carbocycles. The second-order valence-corrected chi connectivity index (χ2v) is 9.67. The maximum absolute atomic E-state index is 13.0. The van der Waals surface area contributed by atoms with Crippen LogP contribution < -0.4 is 0 Å². The second kappa shape index (κ2) is 11.1. The number of carbonyl (C=O) groups excluding carboxylic acids is 1. The summed E-state index contributed by atoms with van der Waals surface area (Å²) in [6, 6.07) is 30.1. The molecule has 0 heterocycles. The molecule has 0 aromatic heterocycles. The average molecular weight is 428 g/mol. The highest BCUT2D eigenvalue weighted by atomic mass is 16.2. The van der Waals surface area contributed by atoms with Crippen LogP contribution >= 0.6 is 0 Å². The van der Waals surface area contributed by atoms with E-state index in [1.54, 1.807) is 0 Å². The standard InChI is InChI=1S/C30H37NO/c1-5-12-29(32)31(23-24-17-19-27(20-18-24)30(2,3)4)22-21-28(25-13-8-6-9-14-25)26-15-10-7-11-16-26/h6-11,13-20,28H,5,12,21-23H2,1-4H3. The molecule has 0 N–H and O–H groups in total. The summed E-state index contributed by atoms with van der Waals surface area (Å²) in [7, 11) is 0. The van der Waals surface area contributed by atoms with Crippen LogP contribution in [0.25, 0.3) is 0 Å². The fraction of sp³-hybridized carbons (Fsp3) is 0.367. The van der Waals surface area contributed by atoms with E-state index in [-0.39, 0.29) is 17.2 Å². The van der Waals surface area contributed by atoms with Crippen molar-refractivity contribution in [2.45, 2.75) is 64.8 Å². The highest BCUT2D eigenvalue weighted by molar-refractivity contribution is 5.76. The Kier molecular flexibility index (Phi) is 8.27. The van der Waals surface area contributed by atoms with Gasteiger partial charge in [0.15, 0.2) is 0 Å². The lowest BCUT2D eigenvalue weighted by atomic mass is 9.86. The summed E-state index contributed by atoms with van der Waals surface area (Å²) < 4.78 is 0. The molecule has 0 unspecified atom stereocenters. The maximum Gasteiger partial charge on any atom is 0.222 e. The van der Waals surface area contributed by atoms with Gasteiger partial charge in [0.1, 0.15) is 0 Å². The van der Waals surface area contributed by atoms with Crippen molar-refractivity contribution >= 4 is 5.91 Å². The maximum atomic E-state index is 13.0. The first-order chi connectivity index (χ1) is 15.4. The van der Waals surface area contributed by atoms with E-state index in [1.165, 1.54) is 22.3 Å². The Labute approximate surface area is 194 Å². The lowest BCUT2D eigenvalue weighted by molar-refractivity contribution is -0.132. The molecule has 3 rings (SSSR count). The van der Waals surface area contributed by atoms with E-state index in [2.05, 4.69) is 118 Å². The van der Waals surface area contributed by atoms with E-state index in [9.17, 15) is 4.79 Å². The molecule has 0 atom stereocenters. The van der Waals surface area contributed by atoms with Gasteiger partial charge >= 0.3 is 0 Å². The molecule has 168 valence electrons. The molecule has 2 heteroatoms. The molecule has 0 saturated heterocycles. The molecular weight excluding hydrogens is 390 g/mol. The Balaban J connectivity index is 1.79. The Morgan fingerprint density at radius 3 is 1.81 bits per heavy atom. The third-order valence-corrected chi connectivity index (χ3v) is 6.10. The largest absolute Gasteiger partial charge is 0.338 e. The van der Waals surface area contributed by atoms with Crippen LogP contribution in [0, 0.1) is 0 Å². The van der Waals surface area contributed by atoms with Gasteiger partial charge in [-0.3, -0.25) is 4.79 Å². The molecule has 0 bridgehead atoms. The molecular formula is C30H37NO. The van der Waals surface area contributed by atoms with Crippen molar-refractivity contribution in [3.8, 4) is 0 Å². The van der Waals surface area contributed by atoms with Crippen molar-refractivity contribution < 1.29 is 4.79 Å². The van der Waals surface area contributed by atoms with Crippen molar-refractivity contribution in [3.05, 3.63) is 107 Å². The fourth-order valence-corrected chi connectivity index (χ4v) is 4.18. The first-order valence-electron chi connectivity index (χ1n) is 11.9. The molecule has 1 amide bonds. The van der Waals surface area contributed by atoms with Crippen LogP contribution in [0.1, 0.15) is 75.1 Å². The van der Waals surface area contributed by atoms with Crippen LogP contribution in [0.2, 0.25) is 0 Å². The van der Waals surface area contributed by atoms with Gasteiger partial charge in [0.25, 0.3) is 0 Å². The fourth-order valence-electron chi connectivity index (χ4n) is 4.18. The summed E-state index contributed by atoms with van der Waals surface area (Å²) in [4.78, 5) is 15.0. The molecule has 0 fully saturated rings. The van der Waals surface area contributed by atoms with Crippen LogP contribution in [0.5, 0.6) is 0 Å². The summed E-state index contributed by atoms with van der Waals surface area (Å²) in [5, 5.41) is 0. The Hall–Kier alpha value is -2.87. The van der Waals surface area contributed by atoms with Gasteiger partial charge in [-0.05, 0) is 40.5 Å². The van der Waals surface area contributed by atoms with Gasteiger partial charge in [0.05, 0.1) is 0 Å². The summed E-state index contributed by atoms with van der Waals surface area (Å²) >= 11 is 0. The minimum absolute atomic E-state index is 0.134. The van der Waals surface area contributed by atoms with E-state index < -0.39 is 0 Å². The zero-order valence-corrected chi connectivity index (χ0v) is 20.1. The van der Waals surface area contributed by atoms with Gasteiger partial charge in [-0.15, -0.1) is 0 Å². The predicted molar refractivity (Wildman–Crippen MR) is 135 cm³/mol. The summed E-state index contributed by atoms with van der Waals surface area (Å²) in [5.74, 6) is 0.518. The zero-order chi connectivity index (χ0) is 23.0. The van der Waals surface area contributed by atoms with Gasteiger partial charge in [-0.1, -0.05) is 113 Å². The van der Waals surface area contributed by atoms with Crippen LogP contribution in [0.3, 0.4) is 0 Å². The smallest absolute Gasteiger partial charge is 0.222 e. The van der Waals surface area contributed by atoms with Crippen LogP contribution in [0.15, 0.2) is 84.9 Å². The van der Waals surface area contributed by atoms with Gasteiger partial charge in [-0.2, -0.15) is 0 Å². The topological polar surface area (TPSA) is 20.3 Å². The first-order valence-corrected chi connectivity index (χ1v) is 11.9. The monoisotopic (exact) mass is 427 g/mol. The van der Waals surface area contributed by atoms with Gasteiger partial charge in [0.2, 0.25) is 5.91 Å². The SMILES string of the molecule is CCCC(=O)N(CCC(c1ccccc1)c1ccccc1)Cc1ccc(C(C)(C)C)cc1. The van der Waals surface area contributed by atoms with Gasteiger partial charge < -0.3 is 4.90 Å². The summed E-state index contributed by atoms with van der Waals surface area (Å²) in [6.45, 7) is 10.2. The lowest BCUT2D eigenvalue weighted by Crippen LogP contribution is -2.32. The van der Waals surface area contributed by atoms with E-state index in [4.69, 9.17) is 0 Å². The molecule has 0 spiro atoms. The minimum Gasteiger partial charge on any atom is -0.338 e. The highest BCUT2D eigenvalue weighted by Gasteiger charge is 2.19. The minimum atomic E-state index is 0.134. The van der Waals surface area contributed by atoms with E-state index in [0.29, 0.717) is 13.0 Å². The Morgan fingerprint density at radius 1 is 0.812 bits per heavy atom. The number of benzene rings is 3. The summed E-state index contributed by atoms with van der Waals surface area (Å²) in [5.41, 5.74) is 5.25. The molecule has 0 aliphatic rings. The number of hydrogen-bond acceptors (Lipinski definition) is 1. The van der Waals surface area contributed by atoms with Crippen molar-refractivity contribution in [3.63, 3.8) is 0 Å². The van der Waals surface area contributed by atoms with Crippen molar-refractivity contribution in [2.24, 2.45) is 0 Å². The van der Waals surface area contributed by atoms with E-state index in [0.717, 1.165) is 19.4 Å². The third kappa shape index (κ3) is 6.56. The summed E-state index contributed by atoms with van der Waals surface area (Å²) in [6.07, 6.45) is 2.38. The van der Waals surface area contributed by atoms with E-state index >= 15 is 0 Å². The van der Waals surface area contributed by atoms with Crippen molar-refractivity contribution in [1.82, 2.24) is 4.90 Å². The third-order valence-electron chi connectivity index (χ3n) is 6.10. The quantitative estimate of drug-likeness (QED) is 0.350. The Morgan fingerprint density at radius 2 is 1.34 bits per heavy atom. The molecule has 0 aliphatic heterocycles. The normalized spacial score (nSPS) is 11.5. The van der Waals surface area contributed by atoms with Crippen LogP contribution in [0.4, 0.5) is 0 Å². The predicted octanol–water partition coefficient (Wildman–Crippen LogP) is 7.34. The second-order valence-electron chi connectivity index (χ2n) is 9.67. The lowest BCUT2D eigenvalue weighted by Gasteiger charge is -2.27. The molecule has 0 aliphatic carbocycles. The number of rotatable bonds is 9. The Bertz CT molecular complexity index is 916. The van der Waals surface area contributed by atoms with Crippen LogP contribution in [-0.4, -0.2) is 17.4 Å². The zero-order valence-electron chi connectivity index (χ0n) is 20.1. The van der Waals surface area contributed by atoms with Crippen molar-refractivity contribution in [2.75, 3.05) is 6.54 Å². The van der Waals surface area contributed by atoms with Crippen LogP contribution in [-0.2, 0) is 16.8 Å². The molecule has 32 heavy (non-hydrogen) atoms. The van der Waals surface area contributed by atoms with Gasteiger partial charge in [-0.25, -0.2) is 0 Å². The highest BCUT2D eigenvalue weighted by Crippen LogP contribution is 2.29. The number of amides is 1. The molecule has 3 aromatic rings. The average Bonchev–Trinajstić information content (AvgIpc) is 2.80. The molecule has 3 aromatic carbocycles.